The van der Waals surface area contributed by atoms with Crippen LogP contribution >= 0.6 is 0 Å². The van der Waals surface area contributed by atoms with Crippen molar-refractivity contribution in [3.8, 4) is 0 Å². The molecule has 0 saturated carbocycles. The van der Waals surface area contributed by atoms with Crippen LogP contribution in [-0.4, -0.2) is 5.91 Å². The van der Waals surface area contributed by atoms with Crippen LogP contribution < -0.4 is 5.73 Å². The van der Waals surface area contributed by atoms with Crippen molar-refractivity contribution in [2.75, 3.05) is 0 Å². The zero-order valence-corrected chi connectivity index (χ0v) is 20.9. The second-order valence-corrected chi connectivity index (χ2v) is 8.39. The fourth-order valence-corrected chi connectivity index (χ4v) is 3.49. The van der Waals surface area contributed by atoms with Gasteiger partial charge in [-0.2, -0.15) is 0 Å². The number of rotatable bonds is 21. The fraction of sp³-hybridized carbons (Fsp3) is 0.567. The molecule has 0 spiro atoms. The molecule has 2 heteroatoms. The van der Waals surface area contributed by atoms with Gasteiger partial charge in [-0.25, -0.2) is 0 Å². The van der Waals surface area contributed by atoms with Gasteiger partial charge in [0.1, 0.15) is 0 Å². The van der Waals surface area contributed by atoms with E-state index in [0.717, 1.165) is 32.1 Å². The Morgan fingerprint density at radius 3 is 1.66 bits per heavy atom. The Morgan fingerprint density at radius 2 is 1.12 bits per heavy atom. The van der Waals surface area contributed by atoms with Gasteiger partial charge in [-0.05, 0) is 38.5 Å². The predicted octanol–water partition coefficient (Wildman–Crippen LogP) is 8.93. The Kier molecular flexibility index (Phi) is 23.5. The fourth-order valence-electron chi connectivity index (χ4n) is 3.49. The lowest BCUT2D eigenvalue weighted by atomic mass is 9.97. The summed E-state index contributed by atoms with van der Waals surface area (Å²) in [4.78, 5) is 11.2. The highest BCUT2D eigenvalue weighted by Crippen LogP contribution is 2.15. The van der Waals surface area contributed by atoms with Gasteiger partial charge in [0.25, 0.3) is 0 Å². The van der Waals surface area contributed by atoms with Crippen molar-refractivity contribution in [2.45, 2.75) is 104 Å². The van der Waals surface area contributed by atoms with E-state index >= 15 is 0 Å². The van der Waals surface area contributed by atoms with Crippen molar-refractivity contribution in [3.63, 3.8) is 0 Å². The minimum Gasteiger partial charge on any atom is -0.369 e. The van der Waals surface area contributed by atoms with Gasteiger partial charge in [0.15, 0.2) is 0 Å². The topological polar surface area (TPSA) is 43.1 Å². The molecular weight excluding hydrogens is 390 g/mol. The average Bonchev–Trinajstić information content (AvgIpc) is 2.79. The second-order valence-electron chi connectivity index (χ2n) is 8.39. The summed E-state index contributed by atoms with van der Waals surface area (Å²) in [5, 5.41) is 0. The van der Waals surface area contributed by atoms with Gasteiger partial charge in [0.05, 0.1) is 0 Å². The molecule has 1 atom stereocenters. The molecule has 0 bridgehead atoms. The van der Waals surface area contributed by atoms with Crippen LogP contribution in [0.3, 0.4) is 0 Å². The predicted molar refractivity (Wildman–Crippen MR) is 144 cm³/mol. The number of amides is 1. The molecule has 0 saturated heterocycles. The van der Waals surface area contributed by atoms with E-state index in [2.05, 4.69) is 61.6 Å². The smallest absolute Gasteiger partial charge is 0.220 e. The summed E-state index contributed by atoms with van der Waals surface area (Å²) in [6.07, 6.45) is 42.3. The molecular formula is C30H49NO. The number of nitrogens with two attached hydrogens (primary N) is 1. The lowest BCUT2D eigenvalue weighted by Gasteiger charge is -2.09. The van der Waals surface area contributed by atoms with Crippen LogP contribution in [-0.2, 0) is 4.79 Å². The molecule has 1 amide bonds. The number of allylic oxidation sites excluding steroid dienone is 12. The van der Waals surface area contributed by atoms with Crippen LogP contribution in [0.1, 0.15) is 104 Å². The van der Waals surface area contributed by atoms with Crippen LogP contribution in [0.4, 0.5) is 0 Å². The van der Waals surface area contributed by atoms with Crippen molar-refractivity contribution in [1.29, 1.82) is 0 Å². The van der Waals surface area contributed by atoms with E-state index < -0.39 is 0 Å². The van der Waals surface area contributed by atoms with Crippen LogP contribution in [0.2, 0.25) is 0 Å². The van der Waals surface area contributed by atoms with Crippen molar-refractivity contribution in [2.24, 2.45) is 11.7 Å². The zero-order chi connectivity index (χ0) is 23.5. The highest BCUT2D eigenvalue weighted by Gasteiger charge is 2.11. The van der Waals surface area contributed by atoms with Crippen molar-refractivity contribution in [3.05, 3.63) is 72.9 Å². The summed E-state index contributed by atoms with van der Waals surface area (Å²) < 4.78 is 0. The van der Waals surface area contributed by atoms with Gasteiger partial charge >= 0.3 is 0 Å². The van der Waals surface area contributed by atoms with E-state index in [-0.39, 0.29) is 11.8 Å². The van der Waals surface area contributed by atoms with Crippen molar-refractivity contribution in [1.82, 2.24) is 0 Å². The van der Waals surface area contributed by atoms with E-state index in [1.807, 2.05) is 25.2 Å². The molecule has 0 heterocycles. The SMILES string of the molecule is CC/C=C/C=C/C=C/C=C/C=C/C/C=C/CCCCCCCCCCCC(CC)C(N)=O. The molecule has 0 rings (SSSR count). The van der Waals surface area contributed by atoms with Gasteiger partial charge in [0, 0.05) is 5.92 Å². The maximum Gasteiger partial charge on any atom is 0.220 e. The highest BCUT2D eigenvalue weighted by atomic mass is 16.1. The molecule has 0 aromatic rings. The molecule has 180 valence electrons. The Hall–Kier alpha value is -2.09. The van der Waals surface area contributed by atoms with E-state index in [1.54, 1.807) is 0 Å². The molecule has 0 aliphatic rings. The minimum absolute atomic E-state index is 0.0881. The maximum atomic E-state index is 11.2. The largest absolute Gasteiger partial charge is 0.369 e. The second kappa shape index (κ2) is 25.2. The molecule has 0 radical (unpaired) electrons. The maximum absolute atomic E-state index is 11.2. The van der Waals surface area contributed by atoms with Crippen LogP contribution in [0.15, 0.2) is 72.9 Å². The lowest BCUT2D eigenvalue weighted by molar-refractivity contribution is -0.122. The van der Waals surface area contributed by atoms with Crippen LogP contribution in [0, 0.1) is 5.92 Å². The number of hydrogen-bond donors (Lipinski definition) is 1. The molecule has 0 aliphatic heterocycles. The first-order chi connectivity index (χ1) is 15.7. The van der Waals surface area contributed by atoms with Gasteiger partial charge in [0.2, 0.25) is 5.91 Å². The Bertz CT molecular complexity index is 592. The monoisotopic (exact) mass is 439 g/mol. The van der Waals surface area contributed by atoms with E-state index in [1.165, 1.54) is 57.8 Å². The van der Waals surface area contributed by atoms with Crippen molar-refractivity contribution >= 4 is 5.91 Å². The molecule has 1 unspecified atom stereocenters. The molecule has 0 aromatic carbocycles. The first kappa shape index (κ1) is 29.9. The van der Waals surface area contributed by atoms with Gasteiger partial charge in [-0.15, -0.1) is 0 Å². The van der Waals surface area contributed by atoms with E-state index in [9.17, 15) is 4.79 Å². The summed E-state index contributed by atoms with van der Waals surface area (Å²) in [6, 6.07) is 0. The molecule has 0 aliphatic carbocycles. The first-order valence-corrected chi connectivity index (χ1v) is 13.0. The van der Waals surface area contributed by atoms with Crippen LogP contribution in [0.25, 0.3) is 0 Å². The number of carbonyl (C=O) groups is 1. The quantitative estimate of drug-likeness (QED) is 0.108. The van der Waals surface area contributed by atoms with Crippen molar-refractivity contribution < 1.29 is 4.79 Å². The van der Waals surface area contributed by atoms with Crippen LogP contribution in [0.5, 0.6) is 0 Å². The standard InChI is InChI=1S/C30H49NO/c1-3-5-6-7-8-9-10-11-12-13-14-15-16-17-18-19-20-21-22-23-24-25-26-27-28-29(4-2)30(31)32/h5-14,16-17,29H,3-4,15,18-28H2,1-2H3,(H2,31,32)/b6-5+,8-7+,10-9+,12-11+,14-13+,17-16+. The number of primary amides is 1. The molecule has 32 heavy (non-hydrogen) atoms. The minimum atomic E-state index is -0.126. The Morgan fingerprint density at radius 1 is 0.625 bits per heavy atom. The number of unbranched alkanes of at least 4 members (excludes halogenated alkanes) is 9. The van der Waals surface area contributed by atoms with E-state index in [0.29, 0.717) is 0 Å². The van der Waals surface area contributed by atoms with Gasteiger partial charge in [-0.3, -0.25) is 4.79 Å². The van der Waals surface area contributed by atoms with E-state index in [4.69, 9.17) is 5.73 Å². The third-order valence-electron chi connectivity index (χ3n) is 5.54. The highest BCUT2D eigenvalue weighted by molar-refractivity contribution is 5.76. The molecule has 0 aromatic heterocycles. The summed E-state index contributed by atoms with van der Waals surface area (Å²) >= 11 is 0. The third kappa shape index (κ3) is 22.6. The Labute approximate surface area is 199 Å². The summed E-state index contributed by atoms with van der Waals surface area (Å²) in [7, 11) is 0. The first-order valence-electron chi connectivity index (χ1n) is 13.0. The molecule has 2 nitrogen and oxygen atoms in total. The zero-order valence-electron chi connectivity index (χ0n) is 20.9. The van der Waals surface area contributed by atoms with Gasteiger partial charge in [-0.1, -0.05) is 138 Å². The lowest BCUT2D eigenvalue weighted by Crippen LogP contribution is -2.22. The third-order valence-corrected chi connectivity index (χ3v) is 5.54. The normalized spacial score (nSPS) is 13.8. The summed E-state index contributed by atoms with van der Waals surface area (Å²) in [5.74, 6) is -0.0378. The number of carbonyl (C=O) groups excluding carboxylic acids is 1. The average molecular weight is 440 g/mol. The summed E-state index contributed by atoms with van der Waals surface area (Å²) in [6.45, 7) is 4.18. The summed E-state index contributed by atoms with van der Waals surface area (Å²) in [5.41, 5.74) is 5.39. The Balaban J connectivity index is 3.43. The molecule has 0 fully saturated rings. The van der Waals surface area contributed by atoms with Gasteiger partial charge < -0.3 is 5.73 Å². The molecule has 2 N–H and O–H groups in total. The number of hydrogen-bond acceptors (Lipinski definition) is 1.